The molecule has 1 unspecified atom stereocenters. The van der Waals surface area contributed by atoms with Crippen molar-refractivity contribution < 1.29 is 17.9 Å². The molecule has 0 aromatic rings. The van der Waals surface area contributed by atoms with E-state index in [0.717, 1.165) is 0 Å². The molecule has 5 heteroatoms. The highest BCUT2D eigenvalue weighted by Gasteiger charge is 2.03. The van der Waals surface area contributed by atoms with Crippen LogP contribution in [0, 0.1) is 0 Å². The second-order valence-corrected chi connectivity index (χ2v) is 5.65. The van der Waals surface area contributed by atoms with Gasteiger partial charge in [0.05, 0.1) is 5.75 Å². The Hall–Kier alpha value is -1.10. The number of sulfone groups is 1. The van der Waals surface area contributed by atoms with Gasteiger partial charge in [0.1, 0.15) is 6.10 Å². The van der Waals surface area contributed by atoms with Crippen LogP contribution in [0.15, 0.2) is 24.3 Å². The first kappa shape index (κ1) is 14.9. The SMILES string of the molecule is CCC(/C=C/C=C/CS(C)(=O)=O)OC(C)=O. The zero-order valence-electron chi connectivity index (χ0n) is 9.84. The van der Waals surface area contributed by atoms with Gasteiger partial charge in [0, 0.05) is 13.2 Å². The molecular formula is C11H18O4S. The van der Waals surface area contributed by atoms with E-state index < -0.39 is 9.84 Å². The number of rotatable bonds is 6. The molecule has 0 bridgehead atoms. The maximum absolute atomic E-state index is 10.8. The van der Waals surface area contributed by atoms with Crippen molar-refractivity contribution in [3.8, 4) is 0 Å². The lowest BCUT2D eigenvalue weighted by Crippen LogP contribution is -2.11. The van der Waals surface area contributed by atoms with Crippen LogP contribution in [0.25, 0.3) is 0 Å². The van der Waals surface area contributed by atoms with E-state index in [4.69, 9.17) is 4.74 Å². The number of esters is 1. The quantitative estimate of drug-likeness (QED) is 0.526. The number of carbonyl (C=O) groups is 1. The lowest BCUT2D eigenvalue weighted by Gasteiger charge is -2.09. The average molecular weight is 246 g/mol. The lowest BCUT2D eigenvalue weighted by atomic mass is 10.2. The molecule has 16 heavy (non-hydrogen) atoms. The predicted octanol–water partition coefficient (Wildman–Crippen LogP) is 1.49. The molecule has 1 atom stereocenters. The Labute approximate surface area is 96.9 Å². The van der Waals surface area contributed by atoms with Gasteiger partial charge in [-0.15, -0.1) is 0 Å². The van der Waals surface area contributed by atoms with Crippen LogP contribution in [-0.4, -0.2) is 32.5 Å². The molecule has 0 aromatic carbocycles. The van der Waals surface area contributed by atoms with Crippen molar-refractivity contribution >= 4 is 15.8 Å². The van der Waals surface area contributed by atoms with E-state index in [2.05, 4.69) is 0 Å². The van der Waals surface area contributed by atoms with Crippen LogP contribution in [0.2, 0.25) is 0 Å². The van der Waals surface area contributed by atoms with Crippen LogP contribution in [0.4, 0.5) is 0 Å². The number of hydrogen-bond acceptors (Lipinski definition) is 4. The molecular weight excluding hydrogens is 228 g/mol. The Kier molecular flexibility index (Phi) is 6.72. The Morgan fingerprint density at radius 3 is 2.44 bits per heavy atom. The molecule has 92 valence electrons. The number of ether oxygens (including phenoxy) is 1. The van der Waals surface area contributed by atoms with Crippen molar-refractivity contribution in [2.45, 2.75) is 26.4 Å². The minimum absolute atomic E-state index is 0.0156. The number of carbonyl (C=O) groups excluding carboxylic acids is 1. The molecule has 0 saturated heterocycles. The highest BCUT2D eigenvalue weighted by atomic mass is 32.2. The third-order valence-corrected chi connectivity index (χ3v) is 2.49. The van der Waals surface area contributed by atoms with Crippen molar-refractivity contribution in [1.82, 2.24) is 0 Å². The first-order chi connectivity index (χ1) is 7.35. The summed E-state index contributed by atoms with van der Waals surface area (Å²) in [6.07, 6.45) is 8.20. The summed E-state index contributed by atoms with van der Waals surface area (Å²) >= 11 is 0. The normalized spacial score (nSPS) is 14.4. The van der Waals surface area contributed by atoms with Gasteiger partial charge in [0.2, 0.25) is 0 Å². The summed E-state index contributed by atoms with van der Waals surface area (Å²) < 4.78 is 26.5. The molecule has 0 saturated carbocycles. The molecule has 0 rings (SSSR count). The van der Waals surface area contributed by atoms with Crippen molar-refractivity contribution in [2.75, 3.05) is 12.0 Å². The van der Waals surface area contributed by atoms with E-state index in [1.54, 1.807) is 24.3 Å². The van der Waals surface area contributed by atoms with Crippen molar-refractivity contribution in [2.24, 2.45) is 0 Å². The van der Waals surface area contributed by atoms with Crippen molar-refractivity contribution in [1.29, 1.82) is 0 Å². The number of hydrogen-bond donors (Lipinski definition) is 0. The third kappa shape index (κ3) is 9.45. The highest BCUT2D eigenvalue weighted by Crippen LogP contribution is 2.00. The van der Waals surface area contributed by atoms with Crippen LogP contribution in [0.3, 0.4) is 0 Å². The topological polar surface area (TPSA) is 60.4 Å². The summed E-state index contributed by atoms with van der Waals surface area (Å²) in [7, 11) is -2.96. The Morgan fingerprint density at radius 1 is 1.38 bits per heavy atom. The molecule has 0 fully saturated rings. The summed E-state index contributed by atoms with van der Waals surface area (Å²) in [6, 6.07) is 0. The predicted molar refractivity (Wildman–Crippen MR) is 63.8 cm³/mol. The van der Waals surface area contributed by atoms with Crippen LogP contribution in [0.1, 0.15) is 20.3 Å². The summed E-state index contributed by atoms with van der Waals surface area (Å²) in [5.41, 5.74) is 0. The van der Waals surface area contributed by atoms with E-state index in [1.807, 2.05) is 6.92 Å². The zero-order valence-corrected chi connectivity index (χ0v) is 10.7. The molecule has 4 nitrogen and oxygen atoms in total. The smallest absolute Gasteiger partial charge is 0.303 e. The van der Waals surface area contributed by atoms with Gasteiger partial charge in [-0.25, -0.2) is 8.42 Å². The van der Waals surface area contributed by atoms with Gasteiger partial charge in [-0.1, -0.05) is 25.2 Å². The summed E-state index contributed by atoms with van der Waals surface area (Å²) in [4.78, 5) is 10.7. The van der Waals surface area contributed by atoms with E-state index in [-0.39, 0.29) is 17.8 Å². The van der Waals surface area contributed by atoms with Crippen molar-refractivity contribution in [3.63, 3.8) is 0 Å². The molecule has 0 heterocycles. The second kappa shape index (κ2) is 7.22. The van der Waals surface area contributed by atoms with Gasteiger partial charge in [-0.05, 0) is 12.5 Å². The number of allylic oxidation sites excluding steroid dienone is 2. The van der Waals surface area contributed by atoms with Crippen molar-refractivity contribution in [3.05, 3.63) is 24.3 Å². The fourth-order valence-electron chi connectivity index (χ4n) is 0.969. The van der Waals surface area contributed by atoms with E-state index >= 15 is 0 Å². The Balaban J connectivity index is 4.11. The molecule has 0 spiro atoms. The first-order valence-electron chi connectivity index (χ1n) is 5.03. The van der Waals surface area contributed by atoms with E-state index in [9.17, 15) is 13.2 Å². The van der Waals surface area contributed by atoms with Crippen LogP contribution >= 0.6 is 0 Å². The van der Waals surface area contributed by atoms with Crippen LogP contribution in [-0.2, 0) is 19.4 Å². The summed E-state index contributed by atoms with van der Waals surface area (Å²) in [6.45, 7) is 3.26. The van der Waals surface area contributed by atoms with Gasteiger partial charge in [0.15, 0.2) is 9.84 Å². The molecule has 0 aliphatic carbocycles. The maximum atomic E-state index is 10.8. The van der Waals surface area contributed by atoms with Crippen LogP contribution in [0.5, 0.6) is 0 Å². The van der Waals surface area contributed by atoms with E-state index in [0.29, 0.717) is 6.42 Å². The zero-order chi connectivity index (χ0) is 12.6. The Morgan fingerprint density at radius 2 is 2.00 bits per heavy atom. The highest BCUT2D eigenvalue weighted by molar-refractivity contribution is 7.90. The van der Waals surface area contributed by atoms with Crippen LogP contribution < -0.4 is 0 Å². The molecule has 0 N–H and O–H groups in total. The molecule has 0 aliphatic rings. The summed E-state index contributed by atoms with van der Waals surface area (Å²) in [5.74, 6) is -0.307. The third-order valence-electron chi connectivity index (χ3n) is 1.69. The fourth-order valence-corrected chi connectivity index (χ4v) is 1.43. The molecule has 0 aliphatic heterocycles. The minimum atomic E-state index is -2.96. The molecule has 0 radical (unpaired) electrons. The average Bonchev–Trinajstić information content (AvgIpc) is 2.13. The minimum Gasteiger partial charge on any atom is -0.458 e. The van der Waals surface area contributed by atoms with Gasteiger partial charge in [-0.3, -0.25) is 4.79 Å². The fraction of sp³-hybridized carbons (Fsp3) is 0.545. The second-order valence-electron chi connectivity index (χ2n) is 3.46. The van der Waals surface area contributed by atoms with Gasteiger partial charge < -0.3 is 4.74 Å². The monoisotopic (exact) mass is 246 g/mol. The lowest BCUT2D eigenvalue weighted by molar-refractivity contribution is -0.144. The van der Waals surface area contributed by atoms with E-state index in [1.165, 1.54) is 13.2 Å². The largest absolute Gasteiger partial charge is 0.458 e. The van der Waals surface area contributed by atoms with Gasteiger partial charge >= 0.3 is 5.97 Å². The maximum Gasteiger partial charge on any atom is 0.303 e. The van der Waals surface area contributed by atoms with Gasteiger partial charge in [-0.2, -0.15) is 0 Å². The molecule has 0 amide bonds. The standard InChI is InChI=1S/C11H18O4S/c1-4-11(15-10(2)12)8-6-5-7-9-16(3,13)14/h5-8,11H,4,9H2,1-3H3/b7-5+,8-6+. The summed E-state index contributed by atoms with van der Waals surface area (Å²) in [5, 5.41) is 0. The first-order valence-corrected chi connectivity index (χ1v) is 7.09. The molecule has 0 aromatic heterocycles. The van der Waals surface area contributed by atoms with Gasteiger partial charge in [0.25, 0.3) is 0 Å². The Bertz CT molecular complexity index is 365.